The van der Waals surface area contributed by atoms with Gasteiger partial charge in [-0.3, -0.25) is 19.8 Å². The van der Waals surface area contributed by atoms with E-state index in [9.17, 15) is 23.3 Å². The van der Waals surface area contributed by atoms with Crippen LogP contribution in [0.1, 0.15) is 6.92 Å². The number of nitrogens with one attached hydrogen (secondary N) is 1. The van der Waals surface area contributed by atoms with Crippen LogP contribution in [0.5, 0.6) is 0 Å². The van der Waals surface area contributed by atoms with Crippen LogP contribution >= 0.6 is 0 Å². The summed E-state index contributed by atoms with van der Waals surface area (Å²) in [5.74, 6) is -0.239. The summed E-state index contributed by atoms with van der Waals surface area (Å²) in [5.41, 5.74) is 0.435. The second-order valence-corrected chi connectivity index (χ2v) is 7.65. The van der Waals surface area contributed by atoms with Crippen LogP contribution in [0.3, 0.4) is 0 Å². The summed E-state index contributed by atoms with van der Waals surface area (Å²) in [7, 11) is -3.20. The zero-order valence-electron chi connectivity index (χ0n) is 13.5. The number of nitro benzene ring substituents is 1. The van der Waals surface area contributed by atoms with E-state index in [0.29, 0.717) is 31.9 Å². The van der Waals surface area contributed by atoms with E-state index in [2.05, 4.69) is 5.32 Å². The molecule has 0 spiro atoms. The number of nitrogens with zero attached hydrogens (tertiary/aromatic N) is 3. The molecule has 0 aromatic heterocycles. The lowest BCUT2D eigenvalue weighted by molar-refractivity contribution is -0.384. The first-order valence-electron chi connectivity index (χ1n) is 7.43. The lowest BCUT2D eigenvalue weighted by atomic mass is 10.2. The largest absolute Gasteiger partial charge is 0.325 e. The molecule has 1 atom stereocenters. The Morgan fingerprint density at radius 2 is 1.75 bits per heavy atom. The molecular formula is C14H20N4O5S. The number of hydrogen-bond donors (Lipinski definition) is 1. The molecule has 1 N–H and O–H groups in total. The first-order chi connectivity index (χ1) is 11.2. The van der Waals surface area contributed by atoms with Crippen molar-refractivity contribution in [1.29, 1.82) is 0 Å². The fourth-order valence-electron chi connectivity index (χ4n) is 2.50. The highest BCUT2D eigenvalue weighted by molar-refractivity contribution is 7.88. The molecule has 1 aromatic rings. The minimum absolute atomic E-state index is 0.0436. The molecule has 24 heavy (non-hydrogen) atoms. The van der Waals surface area contributed by atoms with Crippen molar-refractivity contribution in [2.45, 2.75) is 13.0 Å². The number of carbonyl (C=O) groups is 1. The maximum absolute atomic E-state index is 12.3. The Kier molecular flexibility index (Phi) is 5.52. The summed E-state index contributed by atoms with van der Waals surface area (Å²) in [6.45, 7) is 3.41. The van der Waals surface area contributed by atoms with Crippen molar-refractivity contribution in [2.24, 2.45) is 0 Å². The summed E-state index contributed by atoms with van der Waals surface area (Å²) >= 11 is 0. The highest BCUT2D eigenvalue weighted by atomic mass is 32.2. The van der Waals surface area contributed by atoms with Gasteiger partial charge in [-0.2, -0.15) is 4.31 Å². The number of non-ortho nitro benzene ring substituents is 1. The summed E-state index contributed by atoms with van der Waals surface area (Å²) < 4.78 is 24.4. The van der Waals surface area contributed by atoms with Crippen LogP contribution in [0, 0.1) is 10.1 Å². The average Bonchev–Trinajstić information content (AvgIpc) is 2.54. The van der Waals surface area contributed by atoms with Crippen molar-refractivity contribution in [2.75, 3.05) is 37.8 Å². The highest BCUT2D eigenvalue weighted by Gasteiger charge is 2.28. The van der Waals surface area contributed by atoms with Crippen molar-refractivity contribution < 1.29 is 18.1 Å². The van der Waals surface area contributed by atoms with Crippen molar-refractivity contribution >= 4 is 27.3 Å². The molecule has 0 aliphatic carbocycles. The maximum atomic E-state index is 12.3. The molecule has 0 saturated carbocycles. The maximum Gasteiger partial charge on any atom is 0.269 e. The van der Waals surface area contributed by atoms with E-state index < -0.39 is 21.0 Å². The first-order valence-corrected chi connectivity index (χ1v) is 9.28. The van der Waals surface area contributed by atoms with Gasteiger partial charge in [0, 0.05) is 44.0 Å². The Morgan fingerprint density at radius 1 is 1.21 bits per heavy atom. The van der Waals surface area contributed by atoms with Crippen LogP contribution in [0.4, 0.5) is 11.4 Å². The molecule has 1 heterocycles. The number of amides is 1. The molecule has 1 amide bonds. The second-order valence-electron chi connectivity index (χ2n) is 5.67. The van der Waals surface area contributed by atoms with Gasteiger partial charge in [-0.25, -0.2) is 8.42 Å². The van der Waals surface area contributed by atoms with Gasteiger partial charge in [0.2, 0.25) is 15.9 Å². The second kappa shape index (κ2) is 7.24. The van der Waals surface area contributed by atoms with Gasteiger partial charge in [0.25, 0.3) is 5.69 Å². The molecule has 0 bridgehead atoms. The molecule has 132 valence electrons. The van der Waals surface area contributed by atoms with Crippen LogP contribution in [0.15, 0.2) is 24.3 Å². The molecule has 1 aliphatic rings. The number of nitro groups is 1. The molecule has 0 radical (unpaired) electrons. The van der Waals surface area contributed by atoms with E-state index in [4.69, 9.17) is 0 Å². The molecule has 2 rings (SSSR count). The Bertz CT molecular complexity index is 711. The summed E-state index contributed by atoms with van der Waals surface area (Å²) in [6.07, 6.45) is 1.17. The summed E-state index contributed by atoms with van der Waals surface area (Å²) in [6, 6.07) is 5.17. The van der Waals surface area contributed by atoms with Crippen LogP contribution in [-0.2, 0) is 14.8 Å². The van der Waals surface area contributed by atoms with Crippen LogP contribution in [0.25, 0.3) is 0 Å². The van der Waals surface area contributed by atoms with E-state index in [1.807, 2.05) is 4.90 Å². The number of carbonyl (C=O) groups excluding carboxylic acids is 1. The third-order valence-corrected chi connectivity index (χ3v) is 5.32. The number of benzene rings is 1. The van der Waals surface area contributed by atoms with E-state index in [1.165, 1.54) is 34.8 Å². The molecule has 1 aromatic carbocycles. The Hall–Kier alpha value is -2.04. The molecular weight excluding hydrogens is 336 g/mol. The first kappa shape index (κ1) is 18.3. The standard InChI is InChI=1S/C14H20N4O5S/c1-11(16-7-9-17(10-8-16)24(2,22)23)14(19)15-12-3-5-13(6-4-12)18(20)21/h3-6,11H,7-10H2,1-2H3,(H,15,19). The molecule has 1 saturated heterocycles. The Morgan fingerprint density at radius 3 is 2.21 bits per heavy atom. The fourth-order valence-corrected chi connectivity index (χ4v) is 3.33. The molecule has 1 aliphatic heterocycles. The average molecular weight is 356 g/mol. The van der Waals surface area contributed by atoms with Gasteiger partial charge >= 0.3 is 0 Å². The number of anilines is 1. The number of sulfonamides is 1. The third-order valence-electron chi connectivity index (χ3n) is 4.02. The van der Waals surface area contributed by atoms with Gasteiger partial charge in [-0.05, 0) is 19.1 Å². The lowest BCUT2D eigenvalue weighted by Gasteiger charge is -2.36. The minimum Gasteiger partial charge on any atom is -0.325 e. The summed E-state index contributed by atoms with van der Waals surface area (Å²) in [4.78, 5) is 24.3. The van der Waals surface area contributed by atoms with Gasteiger partial charge in [0.1, 0.15) is 0 Å². The van der Waals surface area contributed by atoms with Gasteiger partial charge in [0.05, 0.1) is 17.2 Å². The predicted octanol–water partition coefficient (Wildman–Crippen LogP) is 0.499. The van der Waals surface area contributed by atoms with E-state index in [1.54, 1.807) is 6.92 Å². The van der Waals surface area contributed by atoms with Gasteiger partial charge < -0.3 is 5.32 Å². The Labute approximate surface area is 140 Å². The smallest absolute Gasteiger partial charge is 0.269 e. The van der Waals surface area contributed by atoms with Crippen molar-refractivity contribution in [3.05, 3.63) is 34.4 Å². The van der Waals surface area contributed by atoms with Gasteiger partial charge in [-0.15, -0.1) is 0 Å². The lowest BCUT2D eigenvalue weighted by Crippen LogP contribution is -2.53. The SMILES string of the molecule is CC(C(=O)Nc1ccc([N+](=O)[O-])cc1)N1CCN(S(C)(=O)=O)CC1. The summed E-state index contributed by atoms with van der Waals surface area (Å²) in [5, 5.41) is 13.3. The van der Waals surface area contributed by atoms with Gasteiger partial charge in [0.15, 0.2) is 0 Å². The molecule has 10 heteroatoms. The monoisotopic (exact) mass is 356 g/mol. The van der Waals surface area contributed by atoms with Crippen LogP contribution in [0.2, 0.25) is 0 Å². The van der Waals surface area contributed by atoms with Crippen molar-refractivity contribution in [3.63, 3.8) is 0 Å². The fraction of sp³-hybridized carbons (Fsp3) is 0.500. The quantitative estimate of drug-likeness (QED) is 0.607. The van der Waals surface area contributed by atoms with E-state index in [0.717, 1.165) is 0 Å². The zero-order valence-corrected chi connectivity index (χ0v) is 14.3. The highest BCUT2D eigenvalue weighted by Crippen LogP contribution is 2.16. The normalized spacial score (nSPS) is 18.1. The number of piperazine rings is 1. The van der Waals surface area contributed by atoms with E-state index >= 15 is 0 Å². The predicted molar refractivity (Wildman–Crippen MR) is 89.2 cm³/mol. The topological polar surface area (TPSA) is 113 Å². The van der Waals surface area contributed by atoms with Crippen LogP contribution < -0.4 is 5.32 Å². The van der Waals surface area contributed by atoms with Crippen molar-refractivity contribution in [3.8, 4) is 0 Å². The molecule has 9 nitrogen and oxygen atoms in total. The van der Waals surface area contributed by atoms with Crippen molar-refractivity contribution in [1.82, 2.24) is 9.21 Å². The zero-order chi connectivity index (χ0) is 17.9. The number of rotatable bonds is 5. The minimum atomic E-state index is -3.20. The number of hydrogen-bond acceptors (Lipinski definition) is 6. The molecule has 1 fully saturated rings. The van der Waals surface area contributed by atoms with Gasteiger partial charge in [-0.1, -0.05) is 0 Å². The third kappa shape index (κ3) is 4.49. The van der Waals surface area contributed by atoms with E-state index in [-0.39, 0.29) is 11.6 Å². The van der Waals surface area contributed by atoms with Crippen LogP contribution in [-0.4, -0.2) is 66.9 Å². The Balaban J connectivity index is 1.92. The molecule has 1 unspecified atom stereocenters.